The molecule has 14 heavy (non-hydrogen) atoms. The lowest BCUT2D eigenvalue weighted by atomic mass is 10.3. The van der Waals surface area contributed by atoms with Gasteiger partial charge in [0.25, 0.3) is 5.24 Å². The van der Waals surface area contributed by atoms with Gasteiger partial charge in [0.15, 0.2) is 0 Å². The van der Waals surface area contributed by atoms with Crippen LogP contribution in [-0.4, -0.2) is 41.4 Å². The molecule has 0 aromatic heterocycles. The summed E-state index contributed by atoms with van der Waals surface area (Å²) in [7, 11) is 0. The van der Waals surface area contributed by atoms with E-state index >= 15 is 0 Å². The number of rotatable bonds is 5. The van der Waals surface area contributed by atoms with Gasteiger partial charge in [-0.05, 0) is 0 Å². The molecule has 1 N–H and O–H groups in total. The zero-order chi connectivity index (χ0) is 10.4. The molecule has 1 saturated heterocycles. The smallest absolute Gasteiger partial charge is 0.281 e. The van der Waals surface area contributed by atoms with Gasteiger partial charge in [-0.2, -0.15) is 0 Å². The lowest BCUT2D eigenvalue weighted by Gasteiger charge is -2.13. The molecule has 78 valence electrons. The van der Waals surface area contributed by atoms with E-state index in [9.17, 15) is 9.59 Å². The van der Waals surface area contributed by atoms with Crippen LogP contribution in [0.1, 0.15) is 6.42 Å². The Bertz CT molecular complexity index is 243. The van der Waals surface area contributed by atoms with E-state index in [4.69, 9.17) is 0 Å². The van der Waals surface area contributed by atoms with Crippen molar-refractivity contribution in [3.63, 3.8) is 0 Å². The van der Waals surface area contributed by atoms with Crippen LogP contribution >= 0.6 is 11.8 Å². The minimum Gasteiger partial charge on any atom is -0.353 e. The molecule has 1 rings (SSSR count). The number of carbonyl (C=O) groups is 2. The van der Waals surface area contributed by atoms with E-state index in [1.807, 2.05) is 0 Å². The number of hydrogen-bond acceptors (Lipinski definition) is 3. The van der Waals surface area contributed by atoms with Gasteiger partial charge in [0.1, 0.15) is 0 Å². The first kappa shape index (κ1) is 11.1. The molecule has 0 aromatic rings. The Morgan fingerprint density at radius 2 is 2.50 bits per heavy atom. The number of carbonyl (C=O) groups excluding carboxylic acids is 2. The number of nitrogens with zero attached hydrogens (tertiary/aromatic N) is 1. The SMILES string of the molecule is C=CCNC(=O)CCN1CCSC1=O. The van der Waals surface area contributed by atoms with Crippen molar-refractivity contribution in [1.29, 1.82) is 0 Å². The van der Waals surface area contributed by atoms with Crippen LogP contribution in [0.25, 0.3) is 0 Å². The molecule has 1 fully saturated rings. The van der Waals surface area contributed by atoms with Crippen molar-refractivity contribution in [3.05, 3.63) is 12.7 Å². The molecule has 0 aliphatic carbocycles. The number of nitrogens with one attached hydrogen (secondary N) is 1. The van der Waals surface area contributed by atoms with Gasteiger partial charge in [-0.15, -0.1) is 6.58 Å². The van der Waals surface area contributed by atoms with Crippen LogP contribution in [0.4, 0.5) is 4.79 Å². The molecule has 0 unspecified atom stereocenters. The van der Waals surface area contributed by atoms with Crippen molar-refractivity contribution in [3.8, 4) is 0 Å². The Hall–Kier alpha value is -0.970. The summed E-state index contributed by atoms with van der Waals surface area (Å²) in [5.41, 5.74) is 0. The second kappa shape index (κ2) is 5.70. The second-order valence-corrected chi connectivity index (χ2v) is 3.99. The second-order valence-electron chi connectivity index (χ2n) is 2.94. The molecule has 1 aliphatic rings. The highest BCUT2D eigenvalue weighted by atomic mass is 32.2. The largest absolute Gasteiger partial charge is 0.353 e. The van der Waals surface area contributed by atoms with Crippen LogP contribution < -0.4 is 5.32 Å². The van der Waals surface area contributed by atoms with E-state index in [0.717, 1.165) is 12.3 Å². The summed E-state index contributed by atoms with van der Waals surface area (Å²) in [5, 5.41) is 2.75. The molecule has 0 aromatic carbocycles. The van der Waals surface area contributed by atoms with E-state index in [-0.39, 0.29) is 11.1 Å². The molecule has 0 saturated carbocycles. The Kier molecular flexibility index (Phi) is 4.52. The van der Waals surface area contributed by atoms with Crippen molar-refractivity contribution < 1.29 is 9.59 Å². The highest BCUT2D eigenvalue weighted by Crippen LogP contribution is 2.16. The molecule has 2 amide bonds. The zero-order valence-corrected chi connectivity index (χ0v) is 8.81. The monoisotopic (exact) mass is 214 g/mol. The summed E-state index contributed by atoms with van der Waals surface area (Å²) < 4.78 is 0. The molecule has 1 heterocycles. The number of thioether (sulfide) groups is 1. The quantitative estimate of drug-likeness (QED) is 0.690. The Morgan fingerprint density at radius 1 is 1.71 bits per heavy atom. The fourth-order valence-corrected chi connectivity index (χ4v) is 1.99. The van der Waals surface area contributed by atoms with Crippen LogP contribution in [0, 0.1) is 0 Å². The summed E-state index contributed by atoms with van der Waals surface area (Å²) in [6.45, 7) is 5.27. The van der Waals surface area contributed by atoms with Crippen LogP contribution in [0.15, 0.2) is 12.7 Å². The maximum Gasteiger partial charge on any atom is 0.281 e. The van der Waals surface area contributed by atoms with E-state index in [0.29, 0.717) is 19.5 Å². The summed E-state index contributed by atoms with van der Waals surface area (Å²) in [5.74, 6) is 0.808. The third-order valence-electron chi connectivity index (χ3n) is 1.90. The van der Waals surface area contributed by atoms with Crippen molar-refractivity contribution >= 4 is 22.9 Å². The average Bonchev–Trinajstić information content (AvgIpc) is 2.58. The maximum atomic E-state index is 11.2. The van der Waals surface area contributed by atoms with Gasteiger partial charge in [0, 0.05) is 31.8 Å². The third-order valence-corrected chi connectivity index (χ3v) is 2.79. The molecule has 0 atom stereocenters. The predicted molar refractivity (Wildman–Crippen MR) is 57.3 cm³/mol. The first-order chi connectivity index (χ1) is 6.74. The van der Waals surface area contributed by atoms with Gasteiger partial charge >= 0.3 is 0 Å². The van der Waals surface area contributed by atoms with Crippen LogP contribution in [0.5, 0.6) is 0 Å². The molecular weight excluding hydrogens is 200 g/mol. The number of hydrogen-bond donors (Lipinski definition) is 1. The summed E-state index contributed by atoms with van der Waals surface area (Å²) >= 11 is 1.31. The Labute approximate surface area is 87.7 Å². The Morgan fingerprint density at radius 3 is 3.07 bits per heavy atom. The standard InChI is InChI=1S/C9H14N2O2S/c1-2-4-10-8(12)3-5-11-6-7-14-9(11)13/h2H,1,3-7H2,(H,10,12). The van der Waals surface area contributed by atoms with E-state index in [1.165, 1.54) is 11.8 Å². The van der Waals surface area contributed by atoms with Gasteiger partial charge in [-0.25, -0.2) is 0 Å². The van der Waals surface area contributed by atoms with E-state index in [2.05, 4.69) is 11.9 Å². The molecule has 0 spiro atoms. The lowest BCUT2D eigenvalue weighted by molar-refractivity contribution is -0.121. The molecule has 0 bridgehead atoms. The molecule has 5 heteroatoms. The molecule has 4 nitrogen and oxygen atoms in total. The van der Waals surface area contributed by atoms with Crippen LogP contribution in [0.2, 0.25) is 0 Å². The van der Waals surface area contributed by atoms with Crippen LogP contribution in [0.3, 0.4) is 0 Å². The van der Waals surface area contributed by atoms with Gasteiger partial charge in [-0.3, -0.25) is 9.59 Å². The van der Waals surface area contributed by atoms with Crippen molar-refractivity contribution in [2.24, 2.45) is 0 Å². The summed E-state index contributed by atoms with van der Waals surface area (Å²) in [6.07, 6.45) is 2.01. The van der Waals surface area contributed by atoms with Gasteiger partial charge in [0.2, 0.25) is 5.91 Å². The average molecular weight is 214 g/mol. The van der Waals surface area contributed by atoms with Gasteiger partial charge in [-0.1, -0.05) is 17.8 Å². The fourth-order valence-electron chi connectivity index (χ4n) is 1.14. The fraction of sp³-hybridized carbons (Fsp3) is 0.556. The van der Waals surface area contributed by atoms with E-state index < -0.39 is 0 Å². The molecule has 1 aliphatic heterocycles. The summed E-state index contributed by atoms with van der Waals surface area (Å²) in [6, 6.07) is 0. The summed E-state index contributed by atoms with van der Waals surface area (Å²) in [4.78, 5) is 24.0. The Balaban J connectivity index is 2.16. The third kappa shape index (κ3) is 3.41. The molecular formula is C9H14N2O2S. The van der Waals surface area contributed by atoms with Gasteiger partial charge < -0.3 is 10.2 Å². The molecule has 0 radical (unpaired) electrons. The highest BCUT2D eigenvalue weighted by Gasteiger charge is 2.20. The normalized spacial score (nSPS) is 15.7. The number of amides is 2. The minimum atomic E-state index is -0.0328. The van der Waals surface area contributed by atoms with Gasteiger partial charge in [0.05, 0.1) is 0 Å². The zero-order valence-electron chi connectivity index (χ0n) is 7.99. The van der Waals surface area contributed by atoms with E-state index in [1.54, 1.807) is 11.0 Å². The van der Waals surface area contributed by atoms with Crippen molar-refractivity contribution in [2.45, 2.75) is 6.42 Å². The lowest BCUT2D eigenvalue weighted by Crippen LogP contribution is -2.30. The van der Waals surface area contributed by atoms with Crippen molar-refractivity contribution in [1.82, 2.24) is 10.2 Å². The minimum absolute atomic E-state index is 0.0328. The maximum absolute atomic E-state index is 11.2. The highest BCUT2D eigenvalue weighted by molar-refractivity contribution is 8.13. The predicted octanol–water partition coefficient (Wildman–Crippen LogP) is 0.847. The van der Waals surface area contributed by atoms with Crippen LogP contribution in [-0.2, 0) is 4.79 Å². The topological polar surface area (TPSA) is 49.4 Å². The van der Waals surface area contributed by atoms with Crippen molar-refractivity contribution in [2.75, 3.05) is 25.4 Å². The first-order valence-electron chi connectivity index (χ1n) is 4.53. The first-order valence-corrected chi connectivity index (χ1v) is 5.52.